The van der Waals surface area contributed by atoms with Crippen molar-refractivity contribution in [2.45, 2.75) is 51.3 Å². The van der Waals surface area contributed by atoms with Gasteiger partial charge in [-0.1, -0.05) is 0 Å². The Morgan fingerprint density at radius 3 is 2.67 bits per heavy atom. The van der Waals surface area contributed by atoms with Crippen LogP contribution in [-0.2, 0) is 14.3 Å². The van der Waals surface area contributed by atoms with Crippen molar-refractivity contribution in [2.75, 3.05) is 26.8 Å². The zero-order valence-electron chi connectivity index (χ0n) is 11.9. The molecule has 0 aromatic rings. The van der Waals surface area contributed by atoms with E-state index in [9.17, 15) is 4.79 Å². The topological polar surface area (TPSA) is 64.8 Å². The molecule has 0 radical (unpaired) electrons. The summed E-state index contributed by atoms with van der Waals surface area (Å²) in [5.74, 6) is -0.140. The summed E-state index contributed by atoms with van der Waals surface area (Å²) in [6, 6.07) is 0.178. The third-order valence-electron chi connectivity index (χ3n) is 3.14. The molecule has 0 bridgehead atoms. The van der Waals surface area contributed by atoms with Gasteiger partial charge in [0.1, 0.15) is 0 Å². The Morgan fingerprint density at radius 1 is 1.50 bits per heavy atom. The summed E-state index contributed by atoms with van der Waals surface area (Å²) < 4.78 is 10.4. The van der Waals surface area contributed by atoms with E-state index < -0.39 is 0 Å². The van der Waals surface area contributed by atoms with Gasteiger partial charge < -0.3 is 15.2 Å². The van der Waals surface area contributed by atoms with Gasteiger partial charge in [0.15, 0.2) is 0 Å². The summed E-state index contributed by atoms with van der Waals surface area (Å²) in [5.41, 5.74) is 5.79. The first-order valence-corrected chi connectivity index (χ1v) is 6.57. The van der Waals surface area contributed by atoms with Crippen molar-refractivity contribution in [1.29, 1.82) is 0 Å². The fourth-order valence-corrected chi connectivity index (χ4v) is 2.45. The van der Waals surface area contributed by atoms with Crippen molar-refractivity contribution in [3.8, 4) is 0 Å². The Morgan fingerprint density at radius 2 is 2.17 bits per heavy atom. The molecule has 2 N–H and O–H groups in total. The number of carbonyl (C=O) groups excluding carboxylic acids is 1. The van der Waals surface area contributed by atoms with Crippen LogP contribution in [0.4, 0.5) is 0 Å². The lowest BCUT2D eigenvalue weighted by Gasteiger charge is -2.30. The molecule has 1 fully saturated rings. The second-order valence-corrected chi connectivity index (χ2v) is 5.67. The summed E-state index contributed by atoms with van der Waals surface area (Å²) in [6.07, 6.45) is 1.47. The molecule has 106 valence electrons. The molecule has 2 unspecified atom stereocenters. The predicted molar refractivity (Wildman–Crippen MR) is 70.3 cm³/mol. The summed E-state index contributed by atoms with van der Waals surface area (Å²) in [7, 11) is 1.71. The molecule has 2 atom stereocenters. The molecule has 1 rings (SSSR count). The van der Waals surface area contributed by atoms with Crippen LogP contribution in [0, 0.1) is 0 Å². The van der Waals surface area contributed by atoms with Crippen LogP contribution in [0.15, 0.2) is 0 Å². The smallest absolute Gasteiger partial charge is 0.307 e. The summed E-state index contributed by atoms with van der Waals surface area (Å²) in [4.78, 5) is 13.8. The molecule has 0 spiro atoms. The molecule has 18 heavy (non-hydrogen) atoms. The van der Waals surface area contributed by atoms with Crippen molar-refractivity contribution < 1.29 is 14.3 Å². The van der Waals surface area contributed by atoms with E-state index in [0.717, 1.165) is 19.5 Å². The molecule has 1 aliphatic heterocycles. The summed E-state index contributed by atoms with van der Waals surface area (Å²) >= 11 is 0. The minimum Gasteiger partial charge on any atom is -0.466 e. The van der Waals surface area contributed by atoms with Crippen molar-refractivity contribution in [3.05, 3.63) is 0 Å². The number of hydrogen-bond donors (Lipinski definition) is 1. The first-order chi connectivity index (χ1) is 8.35. The first-order valence-electron chi connectivity index (χ1n) is 6.57. The number of nitrogens with two attached hydrogens (primary N) is 1. The van der Waals surface area contributed by atoms with Crippen LogP contribution < -0.4 is 5.73 Å². The zero-order chi connectivity index (χ0) is 13.8. The second-order valence-electron chi connectivity index (χ2n) is 5.67. The van der Waals surface area contributed by atoms with Crippen LogP contribution in [0.1, 0.15) is 33.6 Å². The van der Waals surface area contributed by atoms with Crippen molar-refractivity contribution in [3.63, 3.8) is 0 Å². The third kappa shape index (κ3) is 4.92. The average Bonchev–Trinajstić information content (AvgIpc) is 2.58. The van der Waals surface area contributed by atoms with E-state index in [1.807, 2.05) is 20.8 Å². The average molecular weight is 258 g/mol. The lowest BCUT2D eigenvalue weighted by Crippen LogP contribution is -2.47. The lowest BCUT2D eigenvalue weighted by molar-refractivity contribution is -0.144. The second kappa shape index (κ2) is 6.50. The number of hydrogen-bond acceptors (Lipinski definition) is 5. The van der Waals surface area contributed by atoms with Gasteiger partial charge in [-0.2, -0.15) is 0 Å². The van der Waals surface area contributed by atoms with Crippen LogP contribution in [-0.4, -0.2) is 55.4 Å². The van der Waals surface area contributed by atoms with E-state index >= 15 is 0 Å². The van der Waals surface area contributed by atoms with Crippen LogP contribution in [0.5, 0.6) is 0 Å². The van der Waals surface area contributed by atoms with Gasteiger partial charge in [0.2, 0.25) is 0 Å². The van der Waals surface area contributed by atoms with Crippen LogP contribution in [0.25, 0.3) is 0 Å². The van der Waals surface area contributed by atoms with Crippen LogP contribution in [0.3, 0.4) is 0 Å². The molecule has 0 aromatic carbocycles. The molecular weight excluding hydrogens is 232 g/mol. The van der Waals surface area contributed by atoms with Crippen LogP contribution in [0.2, 0.25) is 0 Å². The van der Waals surface area contributed by atoms with Crippen molar-refractivity contribution in [2.24, 2.45) is 5.73 Å². The Bertz CT molecular complexity index is 276. The maximum Gasteiger partial charge on any atom is 0.307 e. The Balaban J connectivity index is 2.58. The first kappa shape index (κ1) is 15.4. The van der Waals surface area contributed by atoms with Crippen molar-refractivity contribution >= 4 is 5.97 Å². The Hall–Kier alpha value is -0.650. The van der Waals surface area contributed by atoms with E-state index in [1.54, 1.807) is 7.11 Å². The van der Waals surface area contributed by atoms with Crippen LogP contribution >= 0.6 is 0 Å². The highest BCUT2D eigenvalue weighted by atomic mass is 16.5. The van der Waals surface area contributed by atoms with Gasteiger partial charge in [0.05, 0.1) is 19.1 Å². The van der Waals surface area contributed by atoms with E-state index in [0.29, 0.717) is 13.0 Å². The molecule has 5 heteroatoms. The minimum absolute atomic E-state index is 0.140. The highest BCUT2D eigenvalue weighted by Gasteiger charge is 2.35. The molecule has 0 aliphatic carbocycles. The van der Waals surface area contributed by atoms with Crippen molar-refractivity contribution in [1.82, 2.24) is 4.90 Å². The zero-order valence-corrected chi connectivity index (χ0v) is 11.9. The normalized spacial score (nSPS) is 25.4. The number of methoxy groups -OCH3 is 1. The SMILES string of the molecule is CCOC(=O)CC1CC(OC)CN1CC(C)(C)N. The number of rotatable bonds is 6. The van der Waals surface area contributed by atoms with Gasteiger partial charge in [-0.3, -0.25) is 9.69 Å². The molecule has 1 heterocycles. The molecule has 1 saturated heterocycles. The lowest BCUT2D eigenvalue weighted by atomic mass is 10.1. The summed E-state index contributed by atoms with van der Waals surface area (Å²) in [5, 5.41) is 0. The van der Waals surface area contributed by atoms with E-state index in [1.165, 1.54) is 0 Å². The van der Waals surface area contributed by atoms with Gasteiger partial charge in [0, 0.05) is 31.8 Å². The standard InChI is InChI=1S/C13H26N2O3/c1-5-18-12(16)7-10-6-11(17-4)8-15(10)9-13(2,3)14/h10-11H,5-9,14H2,1-4H3. The molecule has 0 saturated carbocycles. The largest absolute Gasteiger partial charge is 0.466 e. The molecule has 5 nitrogen and oxygen atoms in total. The van der Waals surface area contributed by atoms with Gasteiger partial charge in [-0.25, -0.2) is 0 Å². The minimum atomic E-state index is -0.268. The monoisotopic (exact) mass is 258 g/mol. The number of likely N-dealkylation sites (tertiary alicyclic amines) is 1. The van der Waals surface area contributed by atoms with Gasteiger partial charge in [-0.15, -0.1) is 0 Å². The Kier molecular flexibility index (Phi) is 5.56. The molecule has 0 amide bonds. The molecule has 1 aliphatic rings. The predicted octanol–water partition coefficient (Wildman–Crippen LogP) is 0.766. The molecular formula is C13H26N2O3. The van der Waals surface area contributed by atoms with Gasteiger partial charge in [-0.05, 0) is 27.2 Å². The quantitative estimate of drug-likeness (QED) is 0.713. The van der Waals surface area contributed by atoms with E-state index in [-0.39, 0.29) is 23.7 Å². The maximum absolute atomic E-state index is 11.6. The maximum atomic E-state index is 11.6. The van der Waals surface area contributed by atoms with E-state index in [2.05, 4.69) is 4.90 Å². The van der Waals surface area contributed by atoms with Gasteiger partial charge in [0.25, 0.3) is 0 Å². The number of nitrogens with zero attached hydrogens (tertiary/aromatic N) is 1. The summed E-state index contributed by atoms with van der Waals surface area (Å²) in [6.45, 7) is 7.84. The van der Waals surface area contributed by atoms with Gasteiger partial charge >= 0.3 is 5.97 Å². The number of ether oxygens (including phenoxy) is 2. The Labute approximate surface area is 110 Å². The highest BCUT2D eigenvalue weighted by molar-refractivity contribution is 5.70. The third-order valence-corrected chi connectivity index (χ3v) is 3.14. The number of carbonyl (C=O) groups is 1. The number of esters is 1. The molecule has 0 aromatic heterocycles. The van der Waals surface area contributed by atoms with E-state index in [4.69, 9.17) is 15.2 Å². The highest BCUT2D eigenvalue weighted by Crippen LogP contribution is 2.24. The fraction of sp³-hybridized carbons (Fsp3) is 0.923. The fourth-order valence-electron chi connectivity index (χ4n) is 2.45.